The van der Waals surface area contributed by atoms with Gasteiger partial charge in [-0.25, -0.2) is 0 Å². The van der Waals surface area contributed by atoms with Crippen molar-refractivity contribution in [1.29, 1.82) is 0 Å². The Hall–Kier alpha value is -0.361. The van der Waals surface area contributed by atoms with E-state index >= 15 is 0 Å². The molecular formula is C24H18Br2OTe2. The van der Waals surface area contributed by atoms with Gasteiger partial charge in [0.1, 0.15) is 0 Å². The number of hydrogen-bond donors (Lipinski definition) is 0. The fraction of sp³-hybridized carbons (Fsp3) is 0.0833. The maximum absolute atomic E-state index is 7.36. The summed E-state index contributed by atoms with van der Waals surface area (Å²) in [6.45, 7) is 0. The topological polar surface area (TPSA) is 9.23 Å². The first kappa shape index (κ1) is 19.3. The van der Waals surface area contributed by atoms with Crippen LogP contribution in [0.25, 0.3) is 10.8 Å². The zero-order chi connectivity index (χ0) is 19.6. The summed E-state index contributed by atoms with van der Waals surface area (Å²) in [5.74, 6) is 0. The maximum atomic E-state index is 7.36. The van der Waals surface area contributed by atoms with E-state index in [1.54, 1.807) is 0 Å². The van der Waals surface area contributed by atoms with Crippen molar-refractivity contribution in [3.63, 3.8) is 0 Å². The molecule has 4 aromatic carbocycles. The molecule has 0 aromatic heterocycles. The first-order chi connectivity index (χ1) is 14.1. The molecule has 0 unspecified atom stereocenters. The van der Waals surface area contributed by atoms with Gasteiger partial charge in [0.2, 0.25) is 0 Å². The first-order valence-corrected chi connectivity index (χ1v) is 26.6. The van der Waals surface area contributed by atoms with Gasteiger partial charge in [-0.2, -0.15) is 0 Å². The Morgan fingerprint density at radius 3 is 1.45 bits per heavy atom. The molecule has 1 aliphatic carbocycles. The van der Waals surface area contributed by atoms with Gasteiger partial charge < -0.3 is 0 Å². The van der Waals surface area contributed by atoms with E-state index < -0.39 is 32.8 Å². The van der Waals surface area contributed by atoms with E-state index in [2.05, 4.69) is 110 Å². The van der Waals surface area contributed by atoms with E-state index in [1.165, 1.54) is 36.3 Å². The monoisotopic (exact) mass is 740 g/mol. The number of aryl methyl sites for hydroxylation is 2. The quantitative estimate of drug-likeness (QED) is 0.285. The van der Waals surface area contributed by atoms with E-state index in [9.17, 15) is 0 Å². The van der Waals surface area contributed by atoms with Crippen molar-refractivity contribution in [2.45, 2.75) is 12.8 Å². The van der Waals surface area contributed by atoms with Crippen molar-refractivity contribution >= 4 is 83.5 Å². The minimum absolute atomic E-state index is 1.15. The Balaban J connectivity index is 1.76. The molecule has 0 spiro atoms. The molecule has 2 aliphatic rings. The van der Waals surface area contributed by atoms with E-state index in [4.69, 9.17) is 1.47 Å². The zero-order valence-corrected chi connectivity index (χ0v) is 23.3. The van der Waals surface area contributed by atoms with Gasteiger partial charge in [-0.3, -0.25) is 0 Å². The summed E-state index contributed by atoms with van der Waals surface area (Å²) in [5.41, 5.74) is 3.00. The third-order valence-electron chi connectivity index (χ3n) is 5.77. The average Bonchev–Trinajstić information content (AvgIpc) is 3.20. The molecule has 6 rings (SSSR count). The van der Waals surface area contributed by atoms with Crippen LogP contribution in [0.5, 0.6) is 0 Å². The van der Waals surface area contributed by atoms with Crippen molar-refractivity contribution in [3.8, 4) is 0 Å². The van der Waals surface area contributed by atoms with Crippen molar-refractivity contribution in [2.75, 3.05) is 0 Å². The second kappa shape index (κ2) is 7.08. The Labute approximate surface area is 191 Å². The van der Waals surface area contributed by atoms with E-state index in [1.807, 2.05) is 0 Å². The van der Waals surface area contributed by atoms with Gasteiger partial charge in [0, 0.05) is 0 Å². The Bertz CT molecular complexity index is 1170. The molecule has 0 saturated carbocycles. The van der Waals surface area contributed by atoms with Crippen LogP contribution in [0.15, 0.2) is 84.9 Å². The molecule has 1 aliphatic heterocycles. The van der Waals surface area contributed by atoms with Gasteiger partial charge in [0.15, 0.2) is 0 Å². The van der Waals surface area contributed by atoms with Crippen LogP contribution in [0, 0.1) is 0 Å². The predicted molar refractivity (Wildman–Crippen MR) is 133 cm³/mol. The fourth-order valence-corrected chi connectivity index (χ4v) is 53.5. The summed E-state index contributed by atoms with van der Waals surface area (Å²) in [4.78, 5) is 0. The number of hydrogen-bond acceptors (Lipinski definition) is 1. The van der Waals surface area contributed by atoms with E-state index in [0.717, 1.165) is 12.8 Å². The first-order valence-electron chi connectivity index (χ1n) is 9.56. The number of benzene rings is 4. The molecule has 1 heterocycles. The molecule has 146 valence electrons. The van der Waals surface area contributed by atoms with Gasteiger partial charge in [-0.05, 0) is 0 Å². The molecule has 0 saturated heterocycles. The summed E-state index contributed by atoms with van der Waals surface area (Å²) in [6, 6.07) is 31.1. The predicted octanol–water partition coefficient (Wildman–Crippen LogP) is 3.87. The van der Waals surface area contributed by atoms with Gasteiger partial charge in [-0.15, -0.1) is 0 Å². The third kappa shape index (κ3) is 2.79. The van der Waals surface area contributed by atoms with Crippen molar-refractivity contribution in [3.05, 3.63) is 96.1 Å². The molecule has 0 fully saturated rings. The van der Waals surface area contributed by atoms with Gasteiger partial charge >= 0.3 is 194 Å². The third-order valence-corrected chi connectivity index (χ3v) is 43.6. The average molecular weight is 737 g/mol. The molecule has 4 aromatic rings. The van der Waals surface area contributed by atoms with Crippen molar-refractivity contribution < 1.29 is 1.47 Å². The Morgan fingerprint density at radius 1 is 0.552 bits per heavy atom. The fourth-order valence-electron chi connectivity index (χ4n) is 4.43. The summed E-state index contributed by atoms with van der Waals surface area (Å²) in [6.07, 6.45) is 2.30. The normalized spacial score (nSPS) is 24.8. The second-order valence-electron chi connectivity index (χ2n) is 7.36. The van der Waals surface area contributed by atoms with E-state index in [-0.39, 0.29) is 0 Å². The number of halogens is 2. The SMILES string of the molecule is Br[Te@@]1(c2ccccc2)O[Te@](Br)(c2ccccc2)c2ccc3c4c(ccc1c24)CC3. The molecule has 1 nitrogen and oxygen atoms in total. The Kier molecular flexibility index (Phi) is 4.72. The van der Waals surface area contributed by atoms with Crippen LogP contribution in [0.3, 0.4) is 0 Å². The van der Waals surface area contributed by atoms with Crippen molar-refractivity contribution in [1.82, 2.24) is 0 Å². The standard InChI is InChI=1S/C24H18Br2OTe2/c25-28(19-7-3-1-4-8-19)21-15-13-17-11-12-18-14-16-22(24(21)23(17)18)29(26,27-28)20-9-5-2-6-10-20/h1-10,13-16H,11-12H2. The van der Waals surface area contributed by atoms with Crippen LogP contribution in [0.1, 0.15) is 11.1 Å². The van der Waals surface area contributed by atoms with Crippen LogP contribution < -0.4 is 14.4 Å². The summed E-state index contributed by atoms with van der Waals surface area (Å²) in [7, 11) is 0. The van der Waals surface area contributed by atoms with E-state index in [0.29, 0.717) is 0 Å². The van der Waals surface area contributed by atoms with Crippen LogP contribution in [0.4, 0.5) is 0 Å². The molecular weight excluding hydrogens is 719 g/mol. The molecule has 5 heteroatoms. The summed E-state index contributed by atoms with van der Waals surface area (Å²) in [5, 5.41) is 2.98. The zero-order valence-electron chi connectivity index (χ0n) is 15.5. The Morgan fingerprint density at radius 2 is 1.00 bits per heavy atom. The second-order valence-corrected chi connectivity index (χ2v) is 33.3. The van der Waals surface area contributed by atoms with Crippen LogP contribution in [-0.4, -0.2) is 32.8 Å². The minimum atomic E-state index is -3.24. The van der Waals surface area contributed by atoms with Gasteiger partial charge in [0.05, 0.1) is 0 Å². The number of rotatable bonds is 2. The summed E-state index contributed by atoms with van der Waals surface area (Å²) < 4.78 is 12.8. The molecule has 2 atom stereocenters. The molecule has 29 heavy (non-hydrogen) atoms. The van der Waals surface area contributed by atoms with Gasteiger partial charge in [-0.1, -0.05) is 0 Å². The summed E-state index contributed by atoms with van der Waals surface area (Å²) >= 11 is 2.10. The van der Waals surface area contributed by atoms with Crippen LogP contribution in [-0.2, 0) is 14.3 Å². The van der Waals surface area contributed by atoms with Crippen LogP contribution in [0.2, 0.25) is 0 Å². The molecule has 0 bridgehead atoms. The molecule has 0 N–H and O–H groups in total. The molecule has 0 amide bonds. The molecule has 0 radical (unpaired) electrons. The van der Waals surface area contributed by atoms with Gasteiger partial charge in [0.25, 0.3) is 0 Å². The van der Waals surface area contributed by atoms with Crippen molar-refractivity contribution in [2.24, 2.45) is 0 Å². The van der Waals surface area contributed by atoms with Crippen LogP contribution >= 0.6 is 25.5 Å².